The molecular weight excluding hydrogens is 374 g/mol. The van der Waals surface area contributed by atoms with Crippen LogP contribution >= 0.6 is 0 Å². The maximum absolute atomic E-state index is 13.7. The summed E-state index contributed by atoms with van der Waals surface area (Å²) in [5.74, 6) is 0.0338. The molecule has 5 heteroatoms. The van der Waals surface area contributed by atoms with Crippen molar-refractivity contribution in [3.8, 4) is 0 Å². The van der Waals surface area contributed by atoms with Crippen LogP contribution in [0.5, 0.6) is 0 Å². The Labute approximate surface area is 178 Å². The Hall–Kier alpha value is -2.66. The molecule has 0 atom stereocenters. The number of nitrogens with zero attached hydrogens (tertiary/aromatic N) is 3. The van der Waals surface area contributed by atoms with Crippen LogP contribution in [0, 0.1) is 0 Å². The average Bonchev–Trinajstić information content (AvgIpc) is 3.27. The van der Waals surface area contributed by atoms with Crippen LogP contribution in [0.15, 0.2) is 54.6 Å². The van der Waals surface area contributed by atoms with Gasteiger partial charge in [0.1, 0.15) is 5.54 Å². The number of fused-ring (bicyclic) bond motifs is 1. The van der Waals surface area contributed by atoms with Crippen molar-refractivity contribution < 1.29 is 9.59 Å². The van der Waals surface area contributed by atoms with E-state index in [0.29, 0.717) is 19.4 Å². The van der Waals surface area contributed by atoms with Gasteiger partial charge in [-0.2, -0.15) is 0 Å². The Morgan fingerprint density at radius 2 is 1.50 bits per heavy atom. The van der Waals surface area contributed by atoms with Gasteiger partial charge in [0, 0.05) is 32.2 Å². The van der Waals surface area contributed by atoms with Crippen molar-refractivity contribution in [3.63, 3.8) is 0 Å². The van der Waals surface area contributed by atoms with Gasteiger partial charge in [0.15, 0.2) is 0 Å². The lowest BCUT2D eigenvalue weighted by Gasteiger charge is -2.42. The van der Waals surface area contributed by atoms with Crippen LogP contribution in [0.3, 0.4) is 0 Å². The van der Waals surface area contributed by atoms with Gasteiger partial charge in [-0.25, -0.2) is 4.79 Å². The summed E-state index contributed by atoms with van der Waals surface area (Å²) < 4.78 is 0. The molecule has 5 nitrogen and oxygen atoms in total. The lowest BCUT2D eigenvalue weighted by Crippen LogP contribution is -2.56. The fourth-order valence-corrected chi connectivity index (χ4v) is 5.62. The van der Waals surface area contributed by atoms with Crippen molar-refractivity contribution in [1.82, 2.24) is 14.7 Å². The minimum absolute atomic E-state index is 0.0338. The van der Waals surface area contributed by atoms with Crippen molar-refractivity contribution in [1.29, 1.82) is 0 Å². The summed E-state index contributed by atoms with van der Waals surface area (Å²) in [5.41, 5.74) is 3.17. The van der Waals surface area contributed by atoms with E-state index in [1.54, 1.807) is 4.90 Å². The maximum Gasteiger partial charge on any atom is 0.327 e. The lowest BCUT2D eigenvalue weighted by molar-refractivity contribution is -0.137. The van der Waals surface area contributed by atoms with Crippen LogP contribution in [-0.4, -0.2) is 57.9 Å². The van der Waals surface area contributed by atoms with E-state index >= 15 is 0 Å². The molecule has 2 fully saturated rings. The first-order valence-electron chi connectivity index (χ1n) is 11.1. The van der Waals surface area contributed by atoms with Gasteiger partial charge in [0.05, 0.1) is 0 Å². The zero-order valence-corrected chi connectivity index (χ0v) is 17.6. The molecule has 2 saturated heterocycles. The van der Waals surface area contributed by atoms with E-state index in [4.69, 9.17) is 0 Å². The summed E-state index contributed by atoms with van der Waals surface area (Å²) in [6, 6.07) is 18.6. The largest absolute Gasteiger partial charge is 0.327 e. The molecule has 3 amide bonds. The number of imide groups is 1. The number of urea groups is 1. The molecule has 0 bridgehead atoms. The highest BCUT2D eigenvalue weighted by Crippen LogP contribution is 2.40. The van der Waals surface area contributed by atoms with E-state index in [2.05, 4.69) is 41.3 Å². The van der Waals surface area contributed by atoms with Gasteiger partial charge < -0.3 is 4.90 Å². The highest BCUT2D eigenvalue weighted by atomic mass is 16.2. The molecule has 0 unspecified atom stereocenters. The first-order valence-corrected chi connectivity index (χ1v) is 11.1. The van der Waals surface area contributed by atoms with Crippen LogP contribution in [0.4, 0.5) is 4.79 Å². The molecule has 0 N–H and O–H groups in total. The number of hydrogen-bond acceptors (Lipinski definition) is 3. The van der Waals surface area contributed by atoms with Crippen molar-refractivity contribution >= 4 is 11.9 Å². The quantitative estimate of drug-likeness (QED) is 0.735. The Morgan fingerprint density at radius 1 is 0.900 bits per heavy atom. The summed E-state index contributed by atoms with van der Waals surface area (Å²) in [6.45, 7) is 5.15. The third-order valence-electron chi connectivity index (χ3n) is 7.21. The van der Waals surface area contributed by atoms with Gasteiger partial charge >= 0.3 is 6.03 Å². The molecule has 0 saturated carbocycles. The molecule has 5 rings (SSSR count). The van der Waals surface area contributed by atoms with Crippen LogP contribution in [0.25, 0.3) is 0 Å². The van der Waals surface area contributed by atoms with Gasteiger partial charge in [-0.05, 0) is 49.3 Å². The number of carbonyl (C=O) groups excluding carboxylic acids is 2. The standard InChI is InChI=1S/C25H29N3O2/c1-2-27-24(30)28(22-16-20-10-6-7-11-21(20)17-22)23(29)25(27)12-14-26(15-13-25)18-19-8-4-3-5-9-19/h3-11,22H,2,12-18H2,1H3. The van der Waals surface area contributed by atoms with Crippen LogP contribution < -0.4 is 0 Å². The third-order valence-corrected chi connectivity index (χ3v) is 7.21. The van der Waals surface area contributed by atoms with E-state index in [1.807, 2.05) is 30.0 Å². The Kier molecular flexibility index (Phi) is 4.86. The molecular formula is C25H29N3O2. The Balaban J connectivity index is 1.33. The molecule has 156 valence electrons. The number of benzene rings is 2. The SMILES string of the molecule is CCN1C(=O)N(C2Cc3ccccc3C2)C(=O)C12CCN(Cc1ccccc1)CC2. The molecule has 2 heterocycles. The third kappa shape index (κ3) is 3.03. The predicted octanol–water partition coefficient (Wildman–Crippen LogP) is 3.47. The fraction of sp³-hybridized carbons (Fsp3) is 0.440. The highest BCUT2D eigenvalue weighted by Gasteiger charge is 2.59. The second-order valence-electron chi connectivity index (χ2n) is 8.83. The summed E-state index contributed by atoms with van der Waals surface area (Å²) in [6.07, 6.45) is 2.99. The number of piperidine rings is 1. The number of hydrogen-bond donors (Lipinski definition) is 0. The highest BCUT2D eigenvalue weighted by molar-refractivity contribution is 6.07. The van der Waals surface area contributed by atoms with E-state index in [-0.39, 0.29) is 18.0 Å². The zero-order chi connectivity index (χ0) is 20.7. The van der Waals surface area contributed by atoms with E-state index in [0.717, 1.165) is 32.5 Å². The molecule has 0 radical (unpaired) electrons. The normalized spacial score (nSPS) is 21.6. The van der Waals surface area contributed by atoms with Crippen LogP contribution in [0.2, 0.25) is 0 Å². The predicted molar refractivity (Wildman–Crippen MR) is 116 cm³/mol. The molecule has 30 heavy (non-hydrogen) atoms. The van der Waals surface area contributed by atoms with Crippen molar-refractivity contribution in [2.24, 2.45) is 0 Å². The minimum atomic E-state index is -0.659. The number of carbonyl (C=O) groups is 2. The Morgan fingerprint density at radius 3 is 2.10 bits per heavy atom. The fourth-order valence-electron chi connectivity index (χ4n) is 5.62. The van der Waals surface area contributed by atoms with E-state index in [1.165, 1.54) is 16.7 Å². The number of likely N-dealkylation sites (N-methyl/N-ethyl adjacent to an activating group) is 1. The second kappa shape index (κ2) is 7.55. The van der Waals surface area contributed by atoms with Gasteiger partial charge in [0.2, 0.25) is 0 Å². The van der Waals surface area contributed by atoms with Crippen molar-refractivity contribution in [3.05, 3.63) is 71.3 Å². The molecule has 2 aliphatic heterocycles. The Bertz CT molecular complexity index is 925. The topological polar surface area (TPSA) is 43.9 Å². The summed E-state index contributed by atoms with van der Waals surface area (Å²) in [5, 5.41) is 0. The smallest absolute Gasteiger partial charge is 0.310 e. The molecule has 0 aromatic heterocycles. The average molecular weight is 404 g/mol. The monoisotopic (exact) mass is 403 g/mol. The van der Waals surface area contributed by atoms with Gasteiger partial charge in [-0.3, -0.25) is 14.6 Å². The number of rotatable bonds is 4. The number of amides is 3. The molecule has 1 aliphatic carbocycles. The van der Waals surface area contributed by atoms with Crippen molar-refractivity contribution in [2.45, 2.75) is 50.7 Å². The summed E-state index contributed by atoms with van der Waals surface area (Å²) >= 11 is 0. The first-order chi connectivity index (χ1) is 14.6. The molecule has 3 aliphatic rings. The molecule has 2 aromatic carbocycles. The van der Waals surface area contributed by atoms with Gasteiger partial charge in [-0.15, -0.1) is 0 Å². The van der Waals surface area contributed by atoms with Crippen molar-refractivity contribution in [2.75, 3.05) is 19.6 Å². The van der Waals surface area contributed by atoms with Gasteiger partial charge in [-0.1, -0.05) is 54.6 Å². The summed E-state index contributed by atoms with van der Waals surface area (Å²) in [4.78, 5) is 32.9. The van der Waals surface area contributed by atoms with Crippen LogP contribution in [-0.2, 0) is 24.2 Å². The van der Waals surface area contributed by atoms with Gasteiger partial charge in [0.25, 0.3) is 5.91 Å². The van der Waals surface area contributed by atoms with Crippen LogP contribution in [0.1, 0.15) is 36.5 Å². The molecule has 2 aromatic rings. The number of likely N-dealkylation sites (tertiary alicyclic amines) is 1. The van der Waals surface area contributed by atoms with E-state index < -0.39 is 5.54 Å². The summed E-state index contributed by atoms with van der Waals surface area (Å²) in [7, 11) is 0. The first kappa shape index (κ1) is 19.3. The zero-order valence-electron chi connectivity index (χ0n) is 17.6. The molecule has 1 spiro atoms. The maximum atomic E-state index is 13.7. The lowest BCUT2D eigenvalue weighted by atomic mass is 9.85. The van der Waals surface area contributed by atoms with E-state index in [9.17, 15) is 9.59 Å². The second-order valence-corrected chi connectivity index (χ2v) is 8.83. The minimum Gasteiger partial charge on any atom is -0.310 e.